The second kappa shape index (κ2) is 8.38. The summed E-state index contributed by atoms with van der Waals surface area (Å²) in [5, 5.41) is 0. The van der Waals surface area contributed by atoms with Crippen LogP contribution in [0.2, 0.25) is 0 Å². The molecule has 4 rings (SSSR count). The second-order valence-corrected chi connectivity index (χ2v) is 8.02. The molecule has 0 bridgehead atoms. The number of anilines is 1. The van der Waals surface area contributed by atoms with Crippen LogP contribution >= 0.6 is 0 Å². The molecule has 2 aliphatic rings. The minimum Gasteiger partial charge on any atom is -0.366 e. The first kappa shape index (κ1) is 20.3. The molecule has 2 fully saturated rings. The highest BCUT2D eigenvalue weighted by Gasteiger charge is 2.40. The van der Waals surface area contributed by atoms with Crippen molar-refractivity contribution in [3.05, 3.63) is 53.9 Å². The smallest absolute Gasteiger partial charge is 0.274 e. The van der Waals surface area contributed by atoms with Gasteiger partial charge in [0.1, 0.15) is 11.5 Å². The van der Waals surface area contributed by atoms with Gasteiger partial charge in [-0.2, -0.15) is 0 Å². The molecule has 0 radical (unpaired) electrons. The zero-order valence-corrected chi connectivity index (χ0v) is 17.3. The molecule has 7 nitrogen and oxygen atoms in total. The van der Waals surface area contributed by atoms with E-state index in [1.165, 1.54) is 18.3 Å². The molecule has 0 aliphatic carbocycles. The van der Waals surface area contributed by atoms with Gasteiger partial charge in [0, 0.05) is 51.2 Å². The van der Waals surface area contributed by atoms with Crippen molar-refractivity contribution in [3.63, 3.8) is 0 Å². The number of halogens is 1. The lowest BCUT2D eigenvalue weighted by molar-refractivity contribution is -0.134. The van der Waals surface area contributed by atoms with E-state index >= 15 is 0 Å². The third-order valence-corrected chi connectivity index (χ3v) is 6.08. The summed E-state index contributed by atoms with van der Waals surface area (Å²) >= 11 is 0. The van der Waals surface area contributed by atoms with E-state index in [0.717, 1.165) is 11.4 Å². The monoisotopic (exact) mass is 411 g/mol. The standard InChI is InChI=1S/C22H26FN5O2/c1-15-13-25-19(14-24-15)22(30)27-9-7-18-20(8-10-27)28(12-11-26(2)21(18)29)17-5-3-16(23)4-6-17/h3-6,13-14,18,20H,7-12H2,1-2H3/t18-,20+/m1/s1. The van der Waals surface area contributed by atoms with Crippen molar-refractivity contribution in [1.29, 1.82) is 0 Å². The van der Waals surface area contributed by atoms with Crippen molar-refractivity contribution in [1.82, 2.24) is 19.8 Å². The molecule has 0 N–H and O–H groups in total. The fraction of sp³-hybridized carbons (Fsp3) is 0.455. The lowest BCUT2D eigenvalue weighted by Gasteiger charge is -2.34. The molecule has 158 valence electrons. The van der Waals surface area contributed by atoms with Crippen molar-refractivity contribution < 1.29 is 14.0 Å². The lowest BCUT2D eigenvalue weighted by atomic mass is 9.92. The average molecular weight is 411 g/mol. The van der Waals surface area contributed by atoms with E-state index in [1.54, 1.807) is 28.1 Å². The highest BCUT2D eigenvalue weighted by Crippen LogP contribution is 2.31. The number of likely N-dealkylation sites (N-methyl/N-ethyl adjacent to an activating group) is 1. The molecule has 0 saturated carbocycles. The highest BCUT2D eigenvalue weighted by molar-refractivity contribution is 5.92. The number of likely N-dealkylation sites (tertiary alicyclic amines) is 1. The van der Waals surface area contributed by atoms with Crippen LogP contribution < -0.4 is 4.90 Å². The summed E-state index contributed by atoms with van der Waals surface area (Å²) in [4.78, 5) is 40.1. The van der Waals surface area contributed by atoms with E-state index in [4.69, 9.17) is 0 Å². The number of benzene rings is 1. The van der Waals surface area contributed by atoms with Gasteiger partial charge < -0.3 is 14.7 Å². The van der Waals surface area contributed by atoms with Crippen LogP contribution in [0.5, 0.6) is 0 Å². The van der Waals surface area contributed by atoms with Crippen molar-refractivity contribution in [2.75, 3.05) is 38.1 Å². The minimum absolute atomic E-state index is 0.0465. The number of amides is 2. The van der Waals surface area contributed by atoms with Crippen LogP contribution in [-0.2, 0) is 4.79 Å². The highest BCUT2D eigenvalue weighted by atomic mass is 19.1. The second-order valence-electron chi connectivity index (χ2n) is 8.02. The average Bonchev–Trinajstić information content (AvgIpc) is 3.03. The van der Waals surface area contributed by atoms with Crippen LogP contribution in [0.4, 0.5) is 10.1 Å². The molecule has 2 aromatic rings. The molecule has 2 atom stereocenters. The molecule has 3 heterocycles. The number of rotatable bonds is 2. The molecule has 2 saturated heterocycles. The van der Waals surface area contributed by atoms with Crippen LogP contribution in [0.1, 0.15) is 29.0 Å². The summed E-state index contributed by atoms with van der Waals surface area (Å²) < 4.78 is 13.4. The van der Waals surface area contributed by atoms with E-state index in [0.29, 0.717) is 44.7 Å². The first-order chi connectivity index (χ1) is 14.4. The van der Waals surface area contributed by atoms with Crippen LogP contribution in [0, 0.1) is 18.7 Å². The molecule has 2 amide bonds. The fourth-order valence-corrected chi connectivity index (χ4v) is 4.39. The van der Waals surface area contributed by atoms with E-state index in [2.05, 4.69) is 14.9 Å². The number of nitrogens with zero attached hydrogens (tertiary/aromatic N) is 5. The Hall–Kier alpha value is -3.03. The molecular formula is C22H26FN5O2. The Bertz CT molecular complexity index is 918. The maximum absolute atomic E-state index is 13.4. The molecule has 1 aromatic heterocycles. The molecule has 0 unspecified atom stereocenters. The van der Waals surface area contributed by atoms with Gasteiger partial charge in [0.25, 0.3) is 5.91 Å². The first-order valence-corrected chi connectivity index (χ1v) is 10.3. The normalized spacial score (nSPS) is 22.4. The van der Waals surface area contributed by atoms with Gasteiger partial charge in [0.15, 0.2) is 0 Å². The largest absolute Gasteiger partial charge is 0.366 e. The van der Waals surface area contributed by atoms with Crippen LogP contribution in [-0.4, -0.2) is 70.9 Å². The summed E-state index contributed by atoms with van der Waals surface area (Å²) in [5.41, 5.74) is 1.98. The number of carbonyl (C=O) groups is 2. The zero-order chi connectivity index (χ0) is 21.3. The van der Waals surface area contributed by atoms with Crippen molar-refractivity contribution in [2.24, 2.45) is 5.92 Å². The Kier molecular flexibility index (Phi) is 5.65. The summed E-state index contributed by atoms with van der Waals surface area (Å²) in [6.45, 7) is 4.14. The van der Waals surface area contributed by atoms with E-state index in [-0.39, 0.29) is 29.6 Å². The Morgan fingerprint density at radius 3 is 2.47 bits per heavy atom. The third kappa shape index (κ3) is 3.99. The van der Waals surface area contributed by atoms with Gasteiger partial charge in [0.2, 0.25) is 5.91 Å². The Morgan fingerprint density at radius 2 is 1.77 bits per heavy atom. The number of hydrogen-bond donors (Lipinski definition) is 0. The molecule has 0 spiro atoms. The van der Waals surface area contributed by atoms with Gasteiger partial charge in [-0.05, 0) is 44.0 Å². The van der Waals surface area contributed by atoms with Gasteiger partial charge in [0.05, 0.1) is 17.8 Å². The summed E-state index contributed by atoms with van der Waals surface area (Å²) in [6.07, 6.45) is 4.33. The quantitative estimate of drug-likeness (QED) is 0.757. The van der Waals surface area contributed by atoms with E-state index in [9.17, 15) is 14.0 Å². The number of fused-ring (bicyclic) bond motifs is 1. The SMILES string of the molecule is Cc1cnc(C(=O)N2CC[C@H]3C(=O)N(C)CCN(c4ccc(F)cc4)[C@H]3CC2)cn1. The predicted molar refractivity (Wildman–Crippen MR) is 111 cm³/mol. The van der Waals surface area contributed by atoms with Crippen molar-refractivity contribution in [2.45, 2.75) is 25.8 Å². The summed E-state index contributed by atoms with van der Waals surface area (Å²) in [6, 6.07) is 6.37. The first-order valence-electron chi connectivity index (χ1n) is 10.3. The summed E-state index contributed by atoms with van der Waals surface area (Å²) in [7, 11) is 1.82. The lowest BCUT2D eigenvalue weighted by Crippen LogP contribution is -2.43. The van der Waals surface area contributed by atoms with Gasteiger partial charge in [-0.3, -0.25) is 14.6 Å². The zero-order valence-electron chi connectivity index (χ0n) is 17.3. The van der Waals surface area contributed by atoms with E-state index in [1.807, 2.05) is 14.0 Å². The molecule has 8 heteroatoms. The topological polar surface area (TPSA) is 69.6 Å². The van der Waals surface area contributed by atoms with Crippen LogP contribution in [0.3, 0.4) is 0 Å². The summed E-state index contributed by atoms with van der Waals surface area (Å²) in [5.74, 6) is -0.554. The fourth-order valence-electron chi connectivity index (χ4n) is 4.39. The predicted octanol–water partition coefficient (Wildman–Crippen LogP) is 2.12. The molecule has 30 heavy (non-hydrogen) atoms. The maximum atomic E-state index is 13.4. The number of aromatic nitrogens is 2. The van der Waals surface area contributed by atoms with Gasteiger partial charge in [-0.25, -0.2) is 9.37 Å². The molecular weight excluding hydrogens is 385 g/mol. The van der Waals surface area contributed by atoms with Crippen LogP contribution in [0.15, 0.2) is 36.7 Å². The molecule has 1 aromatic carbocycles. The Balaban J connectivity index is 1.59. The van der Waals surface area contributed by atoms with Crippen molar-refractivity contribution in [3.8, 4) is 0 Å². The maximum Gasteiger partial charge on any atom is 0.274 e. The van der Waals surface area contributed by atoms with Gasteiger partial charge in [-0.15, -0.1) is 0 Å². The number of hydrogen-bond acceptors (Lipinski definition) is 5. The molecule has 2 aliphatic heterocycles. The number of aryl methyl sites for hydroxylation is 1. The van der Waals surface area contributed by atoms with Gasteiger partial charge in [-0.1, -0.05) is 0 Å². The van der Waals surface area contributed by atoms with Crippen molar-refractivity contribution >= 4 is 17.5 Å². The Morgan fingerprint density at radius 1 is 1.03 bits per heavy atom. The van der Waals surface area contributed by atoms with Crippen LogP contribution in [0.25, 0.3) is 0 Å². The minimum atomic E-state index is -0.282. The Labute approximate surface area is 175 Å². The van der Waals surface area contributed by atoms with Gasteiger partial charge >= 0.3 is 0 Å². The van der Waals surface area contributed by atoms with E-state index < -0.39 is 0 Å². The third-order valence-electron chi connectivity index (χ3n) is 6.08. The number of carbonyl (C=O) groups excluding carboxylic acids is 2.